The first-order valence-corrected chi connectivity index (χ1v) is 6.53. The van der Waals surface area contributed by atoms with Gasteiger partial charge in [-0.1, -0.05) is 6.07 Å². The van der Waals surface area contributed by atoms with Crippen LogP contribution < -0.4 is 9.47 Å². The molecule has 0 bridgehead atoms. The van der Waals surface area contributed by atoms with Crippen LogP contribution in [0.25, 0.3) is 0 Å². The molecule has 0 amide bonds. The molecule has 0 aromatic heterocycles. The van der Waals surface area contributed by atoms with E-state index < -0.39 is 0 Å². The van der Waals surface area contributed by atoms with Gasteiger partial charge in [-0.3, -0.25) is 0 Å². The quantitative estimate of drug-likeness (QED) is 0.722. The molecule has 1 fully saturated rings. The van der Waals surface area contributed by atoms with Crippen LogP contribution in [-0.2, 0) is 6.42 Å². The van der Waals surface area contributed by atoms with E-state index in [1.165, 1.54) is 18.4 Å². The molecule has 1 aliphatic carbocycles. The average molecular weight is 255 g/mol. The van der Waals surface area contributed by atoms with E-state index in [9.17, 15) is 0 Å². The minimum atomic E-state index is 0.321. The zero-order chi connectivity index (χ0) is 12.3. The summed E-state index contributed by atoms with van der Waals surface area (Å²) in [6.07, 6.45) is 4.59. The minimum absolute atomic E-state index is 0.321. The van der Waals surface area contributed by atoms with Crippen LogP contribution in [-0.4, -0.2) is 19.6 Å². The third-order valence-corrected chi connectivity index (χ3v) is 3.89. The Hall–Kier alpha value is -0.890. The average Bonchev–Trinajstić information content (AvgIpc) is 3.19. The highest BCUT2D eigenvalue weighted by Gasteiger charge is 2.29. The number of hydrogen-bond acceptors (Lipinski definition) is 2. The lowest BCUT2D eigenvalue weighted by atomic mass is 10.0. The molecule has 1 aromatic carbocycles. The molecule has 0 N–H and O–H groups in total. The highest BCUT2D eigenvalue weighted by Crippen LogP contribution is 2.38. The maximum Gasteiger partial charge on any atom is 0.125 e. The van der Waals surface area contributed by atoms with E-state index in [0.717, 1.165) is 30.3 Å². The Morgan fingerprint density at radius 2 is 2.06 bits per heavy atom. The molecule has 1 aromatic rings. The van der Waals surface area contributed by atoms with Crippen molar-refractivity contribution in [2.75, 3.05) is 14.2 Å². The summed E-state index contributed by atoms with van der Waals surface area (Å²) in [5.41, 5.74) is 1.21. The Bertz CT molecular complexity index is 374. The molecule has 94 valence electrons. The van der Waals surface area contributed by atoms with Crippen molar-refractivity contribution < 1.29 is 9.47 Å². The number of benzene rings is 1. The minimum Gasteiger partial charge on any atom is -0.497 e. The molecule has 2 nitrogen and oxygen atoms in total. The van der Waals surface area contributed by atoms with Crippen molar-refractivity contribution in [3.8, 4) is 11.5 Å². The Morgan fingerprint density at radius 3 is 2.65 bits per heavy atom. The van der Waals surface area contributed by atoms with Crippen molar-refractivity contribution in [3.05, 3.63) is 23.8 Å². The fraction of sp³-hybridized carbons (Fsp3) is 0.571. The van der Waals surface area contributed by atoms with Crippen molar-refractivity contribution in [1.82, 2.24) is 0 Å². The summed E-state index contributed by atoms with van der Waals surface area (Å²) in [6, 6.07) is 5.96. The van der Waals surface area contributed by atoms with Gasteiger partial charge in [0.2, 0.25) is 0 Å². The molecule has 0 aliphatic heterocycles. The zero-order valence-corrected chi connectivity index (χ0v) is 11.2. The fourth-order valence-electron chi connectivity index (χ4n) is 2.05. The van der Waals surface area contributed by atoms with Gasteiger partial charge in [0.25, 0.3) is 0 Å². The fourth-order valence-corrected chi connectivity index (χ4v) is 2.41. The molecule has 0 radical (unpaired) electrons. The molecule has 1 aliphatic rings. The number of alkyl halides is 1. The first-order valence-electron chi connectivity index (χ1n) is 6.09. The SMILES string of the molecule is COc1ccc(CCC(Cl)C2CC2)c(OC)c1. The third kappa shape index (κ3) is 3.29. The lowest BCUT2D eigenvalue weighted by Gasteiger charge is -2.12. The number of hydrogen-bond donors (Lipinski definition) is 0. The van der Waals surface area contributed by atoms with Crippen LogP contribution in [0.1, 0.15) is 24.8 Å². The van der Waals surface area contributed by atoms with Crippen LogP contribution in [0.5, 0.6) is 11.5 Å². The van der Waals surface area contributed by atoms with Gasteiger partial charge in [-0.2, -0.15) is 0 Å². The number of rotatable bonds is 6. The van der Waals surface area contributed by atoms with Gasteiger partial charge in [0.1, 0.15) is 11.5 Å². The Kier molecular flexibility index (Phi) is 4.16. The zero-order valence-electron chi connectivity index (χ0n) is 10.4. The summed E-state index contributed by atoms with van der Waals surface area (Å²) in [7, 11) is 3.35. The molecule has 1 saturated carbocycles. The normalized spacial score (nSPS) is 16.6. The number of methoxy groups -OCH3 is 2. The lowest BCUT2D eigenvalue weighted by molar-refractivity contribution is 0.390. The predicted octanol–water partition coefficient (Wildman–Crippen LogP) is 3.65. The van der Waals surface area contributed by atoms with E-state index >= 15 is 0 Å². The van der Waals surface area contributed by atoms with Crippen LogP contribution in [0, 0.1) is 5.92 Å². The van der Waals surface area contributed by atoms with Crippen LogP contribution in [0.3, 0.4) is 0 Å². The molecule has 0 saturated heterocycles. The van der Waals surface area contributed by atoms with Crippen molar-refractivity contribution in [2.24, 2.45) is 5.92 Å². The summed E-state index contributed by atoms with van der Waals surface area (Å²) in [4.78, 5) is 0. The van der Waals surface area contributed by atoms with Crippen LogP contribution in [0.15, 0.2) is 18.2 Å². The molecule has 1 atom stereocenters. The summed E-state index contributed by atoms with van der Waals surface area (Å²) in [5.74, 6) is 2.47. The maximum absolute atomic E-state index is 6.32. The molecule has 2 rings (SSSR count). The summed E-state index contributed by atoms with van der Waals surface area (Å²) in [6.45, 7) is 0. The molecule has 3 heteroatoms. The van der Waals surface area contributed by atoms with Crippen LogP contribution in [0.2, 0.25) is 0 Å². The van der Waals surface area contributed by atoms with Crippen molar-refractivity contribution in [1.29, 1.82) is 0 Å². The molecule has 17 heavy (non-hydrogen) atoms. The standard InChI is InChI=1S/C14H19ClO2/c1-16-12-7-5-11(14(9-12)17-2)6-8-13(15)10-3-4-10/h5,7,9-10,13H,3-4,6,8H2,1-2H3. The predicted molar refractivity (Wildman–Crippen MR) is 70.2 cm³/mol. The molecule has 1 unspecified atom stereocenters. The van der Waals surface area contributed by atoms with Gasteiger partial charge in [0, 0.05) is 11.4 Å². The highest BCUT2D eigenvalue weighted by molar-refractivity contribution is 6.20. The second-order valence-corrected chi connectivity index (χ2v) is 5.13. The topological polar surface area (TPSA) is 18.5 Å². The van der Waals surface area contributed by atoms with Crippen molar-refractivity contribution in [2.45, 2.75) is 31.1 Å². The van der Waals surface area contributed by atoms with Gasteiger partial charge in [-0.15, -0.1) is 11.6 Å². The number of ether oxygens (including phenoxy) is 2. The molecule has 0 spiro atoms. The van der Waals surface area contributed by atoms with Gasteiger partial charge in [-0.25, -0.2) is 0 Å². The first-order chi connectivity index (χ1) is 8.24. The first kappa shape index (κ1) is 12.6. The van der Waals surface area contributed by atoms with Crippen molar-refractivity contribution >= 4 is 11.6 Å². The number of aryl methyl sites for hydroxylation is 1. The van der Waals surface area contributed by atoms with Crippen LogP contribution in [0.4, 0.5) is 0 Å². The molecular formula is C14H19ClO2. The number of halogens is 1. The Morgan fingerprint density at radius 1 is 1.29 bits per heavy atom. The second kappa shape index (κ2) is 5.63. The van der Waals surface area contributed by atoms with Gasteiger partial charge in [0.05, 0.1) is 14.2 Å². The Balaban J connectivity index is 1.98. The summed E-state index contributed by atoms with van der Waals surface area (Å²) in [5, 5.41) is 0.321. The van der Waals surface area contributed by atoms with E-state index in [2.05, 4.69) is 6.07 Å². The lowest BCUT2D eigenvalue weighted by Crippen LogP contribution is -2.04. The van der Waals surface area contributed by atoms with E-state index in [-0.39, 0.29) is 0 Å². The third-order valence-electron chi connectivity index (χ3n) is 3.32. The van der Waals surface area contributed by atoms with Gasteiger partial charge >= 0.3 is 0 Å². The van der Waals surface area contributed by atoms with E-state index in [0.29, 0.717) is 5.38 Å². The largest absolute Gasteiger partial charge is 0.497 e. The van der Waals surface area contributed by atoms with Gasteiger partial charge in [0.15, 0.2) is 0 Å². The van der Waals surface area contributed by atoms with E-state index in [1.807, 2.05) is 12.1 Å². The second-order valence-electron chi connectivity index (χ2n) is 4.57. The smallest absolute Gasteiger partial charge is 0.125 e. The maximum atomic E-state index is 6.32. The van der Waals surface area contributed by atoms with E-state index in [1.54, 1.807) is 14.2 Å². The highest BCUT2D eigenvalue weighted by atomic mass is 35.5. The summed E-state index contributed by atoms with van der Waals surface area (Å²) >= 11 is 6.32. The monoisotopic (exact) mass is 254 g/mol. The summed E-state index contributed by atoms with van der Waals surface area (Å²) < 4.78 is 10.6. The Labute approximate surface area is 108 Å². The molecular weight excluding hydrogens is 236 g/mol. The van der Waals surface area contributed by atoms with Gasteiger partial charge < -0.3 is 9.47 Å². The van der Waals surface area contributed by atoms with Crippen LogP contribution >= 0.6 is 11.6 Å². The van der Waals surface area contributed by atoms with E-state index in [4.69, 9.17) is 21.1 Å². The molecule has 0 heterocycles. The van der Waals surface area contributed by atoms with Gasteiger partial charge in [-0.05, 0) is 43.2 Å². The van der Waals surface area contributed by atoms with Crippen molar-refractivity contribution in [3.63, 3.8) is 0 Å².